The van der Waals surface area contributed by atoms with Gasteiger partial charge in [-0.15, -0.1) is 11.3 Å². The first-order valence-electron chi connectivity index (χ1n) is 9.70. The van der Waals surface area contributed by atoms with E-state index < -0.39 is 0 Å². The van der Waals surface area contributed by atoms with E-state index in [2.05, 4.69) is 24.1 Å². The summed E-state index contributed by atoms with van der Waals surface area (Å²) in [7, 11) is 0. The van der Waals surface area contributed by atoms with Gasteiger partial charge >= 0.3 is 0 Å². The van der Waals surface area contributed by atoms with Gasteiger partial charge in [0.2, 0.25) is 0 Å². The van der Waals surface area contributed by atoms with Gasteiger partial charge in [-0.05, 0) is 50.6 Å². The summed E-state index contributed by atoms with van der Waals surface area (Å²) in [5.41, 5.74) is 2.23. The van der Waals surface area contributed by atoms with E-state index in [-0.39, 0.29) is 0 Å². The zero-order chi connectivity index (χ0) is 19.5. The van der Waals surface area contributed by atoms with Gasteiger partial charge in [-0.2, -0.15) is 0 Å². The molecule has 7 heteroatoms. The maximum atomic E-state index is 5.54. The molecular formula is C21H26N4O2S. The van der Waals surface area contributed by atoms with Crippen LogP contribution in [0, 0.1) is 13.8 Å². The normalized spacial score (nSPS) is 15.1. The minimum Gasteiger partial charge on any atom is -0.494 e. The Hall–Kier alpha value is -2.22. The molecule has 0 unspecified atom stereocenters. The number of benzene rings is 1. The molecule has 1 aliphatic rings. The van der Waals surface area contributed by atoms with Gasteiger partial charge in [-0.1, -0.05) is 0 Å². The molecular weight excluding hydrogens is 372 g/mol. The molecule has 0 radical (unpaired) electrons. The summed E-state index contributed by atoms with van der Waals surface area (Å²) in [4.78, 5) is 14.4. The van der Waals surface area contributed by atoms with Crippen LogP contribution in [0.3, 0.4) is 0 Å². The fourth-order valence-electron chi connectivity index (χ4n) is 3.35. The summed E-state index contributed by atoms with van der Waals surface area (Å²) in [6, 6.07) is 8.00. The topological polar surface area (TPSA) is 59.5 Å². The highest BCUT2D eigenvalue weighted by Crippen LogP contribution is 2.35. The smallest absolute Gasteiger partial charge is 0.146 e. The largest absolute Gasteiger partial charge is 0.494 e. The van der Waals surface area contributed by atoms with E-state index in [4.69, 9.17) is 19.4 Å². The van der Waals surface area contributed by atoms with E-state index in [0.717, 1.165) is 66.1 Å². The van der Waals surface area contributed by atoms with Crippen molar-refractivity contribution in [3.8, 4) is 5.75 Å². The number of thiophene rings is 1. The van der Waals surface area contributed by atoms with E-state index in [1.165, 1.54) is 10.4 Å². The van der Waals surface area contributed by atoms with Crippen LogP contribution >= 0.6 is 11.3 Å². The number of morpholine rings is 1. The van der Waals surface area contributed by atoms with Crippen molar-refractivity contribution in [1.82, 2.24) is 14.9 Å². The van der Waals surface area contributed by atoms with Crippen molar-refractivity contribution in [3.05, 3.63) is 40.5 Å². The van der Waals surface area contributed by atoms with Gasteiger partial charge in [0.15, 0.2) is 0 Å². The molecule has 0 atom stereocenters. The third-order valence-corrected chi connectivity index (χ3v) is 6.07. The molecule has 4 rings (SSSR count). The highest BCUT2D eigenvalue weighted by atomic mass is 32.1. The van der Waals surface area contributed by atoms with Crippen molar-refractivity contribution in [2.45, 2.75) is 27.3 Å². The van der Waals surface area contributed by atoms with E-state index in [9.17, 15) is 0 Å². The molecule has 0 bridgehead atoms. The molecule has 1 N–H and O–H groups in total. The number of hydrogen-bond acceptors (Lipinski definition) is 7. The van der Waals surface area contributed by atoms with Crippen molar-refractivity contribution >= 4 is 33.1 Å². The van der Waals surface area contributed by atoms with Gasteiger partial charge in [0.1, 0.15) is 22.2 Å². The predicted molar refractivity (Wildman–Crippen MR) is 114 cm³/mol. The van der Waals surface area contributed by atoms with Crippen molar-refractivity contribution in [2.75, 3.05) is 38.2 Å². The number of aromatic nitrogens is 2. The molecule has 0 saturated carbocycles. The molecule has 1 saturated heterocycles. The standard InChI is InChI=1S/C21H26N4O2S/c1-4-27-17-7-5-16(6-8-17)22-20-19-14(2)15(3)28-21(19)24-18(23-20)13-25-9-11-26-12-10-25/h5-8H,4,9-13H2,1-3H3,(H,22,23,24). The Morgan fingerprint density at radius 2 is 1.89 bits per heavy atom. The summed E-state index contributed by atoms with van der Waals surface area (Å²) < 4.78 is 11.0. The molecule has 1 aliphatic heterocycles. The second kappa shape index (κ2) is 8.43. The Bertz CT molecular complexity index is 949. The van der Waals surface area contributed by atoms with E-state index in [0.29, 0.717) is 6.61 Å². The SMILES string of the molecule is CCOc1ccc(Nc2nc(CN3CCOCC3)nc3sc(C)c(C)c23)cc1. The first-order valence-corrected chi connectivity index (χ1v) is 10.5. The molecule has 3 heterocycles. The minimum atomic E-state index is 0.664. The second-order valence-corrected chi connectivity index (χ2v) is 8.13. The molecule has 1 aromatic carbocycles. The van der Waals surface area contributed by atoms with E-state index in [1.54, 1.807) is 11.3 Å². The molecule has 28 heavy (non-hydrogen) atoms. The lowest BCUT2D eigenvalue weighted by molar-refractivity contribution is 0.0331. The Morgan fingerprint density at radius 1 is 1.14 bits per heavy atom. The van der Waals surface area contributed by atoms with Gasteiger partial charge in [0.25, 0.3) is 0 Å². The maximum Gasteiger partial charge on any atom is 0.146 e. The van der Waals surface area contributed by atoms with Crippen LogP contribution in [-0.2, 0) is 11.3 Å². The van der Waals surface area contributed by atoms with Gasteiger partial charge in [0.05, 0.1) is 31.8 Å². The Morgan fingerprint density at radius 3 is 2.61 bits per heavy atom. The third-order valence-electron chi connectivity index (χ3n) is 4.97. The van der Waals surface area contributed by atoms with Gasteiger partial charge < -0.3 is 14.8 Å². The average molecular weight is 399 g/mol. The lowest BCUT2D eigenvalue weighted by Crippen LogP contribution is -2.36. The second-order valence-electron chi connectivity index (χ2n) is 6.92. The number of ether oxygens (including phenoxy) is 2. The highest BCUT2D eigenvalue weighted by Gasteiger charge is 2.18. The van der Waals surface area contributed by atoms with Crippen molar-refractivity contribution < 1.29 is 9.47 Å². The van der Waals surface area contributed by atoms with Crippen molar-refractivity contribution in [3.63, 3.8) is 0 Å². The molecule has 1 fully saturated rings. The van der Waals surface area contributed by atoms with Crippen LogP contribution in [-0.4, -0.2) is 47.8 Å². The van der Waals surface area contributed by atoms with Crippen LogP contribution in [0.5, 0.6) is 5.75 Å². The van der Waals surface area contributed by atoms with Crippen LogP contribution in [0.25, 0.3) is 10.2 Å². The summed E-state index contributed by atoms with van der Waals surface area (Å²) >= 11 is 1.73. The van der Waals surface area contributed by atoms with Crippen LogP contribution in [0.15, 0.2) is 24.3 Å². The monoisotopic (exact) mass is 398 g/mol. The summed E-state index contributed by atoms with van der Waals surface area (Å²) in [6.07, 6.45) is 0. The maximum absolute atomic E-state index is 5.54. The molecule has 0 spiro atoms. The number of nitrogens with zero attached hydrogens (tertiary/aromatic N) is 3. The molecule has 0 amide bonds. The first-order chi connectivity index (χ1) is 13.6. The number of aryl methyl sites for hydroxylation is 2. The number of fused-ring (bicyclic) bond motifs is 1. The molecule has 0 aliphatic carbocycles. The summed E-state index contributed by atoms with van der Waals surface area (Å²) in [5.74, 6) is 2.60. The number of nitrogens with one attached hydrogen (secondary N) is 1. The fourth-order valence-corrected chi connectivity index (χ4v) is 4.40. The predicted octanol–water partition coefficient (Wildman–Crippen LogP) is 4.28. The van der Waals surface area contributed by atoms with Crippen molar-refractivity contribution in [2.24, 2.45) is 0 Å². The first kappa shape index (κ1) is 19.1. The van der Waals surface area contributed by atoms with Gasteiger partial charge in [-0.3, -0.25) is 4.90 Å². The zero-order valence-electron chi connectivity index (χ0n) is 16.6. The number of anilines is 2. The molecule has 2 aromatic heterocycles. The number of hydrogen-bond donors (Lipinski definition) is 1. The van der Waals surface area contributed by atoms with Gasteiger partial charge in [-0.25, -0.2) is 9.97 Å². The number of rotatable bonds is 6. The Balaban J connectivity index is 1.66. The Kier molecular flexibility index (Phi) is 5.75. The van der Waals surface area contributed by atoms with Crippen LogP contribution in [0.4, 0.5) is 11.5 Å². The quantitative estimate of drug-likeness (QED) is 0.669. The average Bonchev–Trinajstić information content (AvgIpc) is 2.98. The summed E-state index contributed by atoms with van der Waals surface area (Å²) in [5, 5.41) is 4.62. The Labute approximate surface area is 169 Å². The lowest BCUT2D eigenvalue weighted by Gasteiger charge is -2.25. The molecule has 6 nitrogen and oxygen atoms in total. The third kappa shape index (κ3) is 4.11. The van der Waals surface area contributed by atoms with Crippen LogP contribution in [0.1, 0.15) is 23.2 Å². The highest BCUT2D eigenvalue weighted by molar-refractivity contribution is 7.18. The van der Waals surface area contributed by atoms with E-state index >= 15 is 0 Å². The molecule has 3 aromatic rings. The fraction of sp³-hybridized carbons (Fsp3) is 0.429. The van der Waals surface area contributed by atoms with E-state index in [1.807, 2.05) is 31.2 Å². The molecule has 148 valence electrons. The van der Waals surface area contributed by atoms with Crippen LogP contribution in [0.2, 0.25) is 0 Å². The lowest BCUT2D eigenvalue weighted by atomic mass is 10.2. The van der Waals surface area contributed by atoms with Gasteiger partial charge in [0, 0.05) is 23.7 Å². The summed E-state index contributed by atoms with van der Waals surface area (Å²) in [6.45, 7) is 11.1. The minimum absolute atomic E-state index is 0.664. The van der Waals surface area contributed by atoms with Crippen molar-refractivity contribution in [1.29, 1.82) is 0 Å². The van der Waals surface area contributed by atoms with Crippen LogP contribution < -0.4 is 10.1 Å². The zero-order valence-corrected chi connectivity index (χ0v) is 17.4.